The molecule has 1 fully saturated rings. The molecule has 124 valence electrons. The van der Waals surface area contributed by atoms with Crippen molar-refractivity contribution < 1.29 is 9.47 Å². The number of anilines is 2. The smallest absolute Gasteiger partial charge is 0.155 e. The molecular weight excluding hydrogens is 304 g/mol. The number of hydrogen-bond donors (Lipinski definition) is 1. The van der Waals surface area contributed by atoms with E-state index in [1.165, 1.54) is 0 Å². The Morgan fingerprint density at radius 2 is 1.96 bits per heavy atom. The van der Waals surface area contributed by atoms with E-state index in [1.807, 2.05) is 41.9 Å². The summed E-state index contributed by atoms with van der Waals surface area (Å²) in [5.74, 6) is 1.58. The average Bonchev–Trinajstić information content (AvgIpc) is 3.07. The van der Waals surface area contributed by atoms with Crippen molar-refractivity contribution in [3.8, 4) is 11.5 Å². The summed E-state index contributed by atoms with van der Waals surface area (Å²) in [6.07, 6.45) is 3.81. The van der Waals surface area contributed by atoms with Crippen molar-refractivity contribution in [1.82, 2.24) is 9.61 Å². The van der Waals surface area contributed by atoms with Crippen LogP contribution in [0.5, 0.6) is 11.5 Å². The zero-order valence-corrected chi connectivity index (χ0v) is 13.6. The summed E-state index contributed by atoms with van der Waals surface area (Å²) in [6.45, 7) is 5.21. The van der Waals surface area contributed by atoms with Gasteiger partial charge in [-0.25, -0.2) is 4.52 Å². The zero-order valence-electron chi connectivity index (χ0n) is 13.6. The van der Waals surface area contributed by atoms with Crippen molar-refractivity contribution >= 4 is 16.9 Å². The summed E-state index contributed by atoms with van der Waals surface area (Å²) in [5.41, 5.74) is 9.58. The third-order valence-electron chi connectivity index (χ3n) is 4.25. The lowest BCUT2D eigenvalue weighted by Gasteiger charge is -2.29. The van der Waals surface area contributed by atoms with Crippen LogP contribution in [-0.2, 0) is 4.74 Å². The first-order valence-corrected chi connectivity index (χ1v) is 8.05. The van der Waals surface area contributed by atoms with E-state index in [0.29, 0.717) is 0 Å². The van der Waals surface area contributed by atoms with Gasteiger partial charge in [0.15, 0.2) is 5.75 Å². The van der Waals surface area contributed by atoms with Gasteiger partial charge >= 0.3 is 0 Å². The number of aromatic nitrogens is 2. The molecule has 0 atom stereocenters. The number of hydrogen-bond acceptors (Lipinski definition) is 5. The number of ether oxygens (including phenoxy) is 2. The number of benzene rings is 1. The molecule has 0 bridgehead atoms. The second-order valence-corrected chi connectivity index (χ2v) is 5.95. The van der Waals surface area contributed by atoms with Gasteiger partial charge in [-0.1, -0.05) is 0 Å². The Labute approximate surface area is 140 Å². The lowest BCUT2D eigenvalue weighted by Crippen LogP contribution is -2.36. The predicted molar refractivity (Wildman–Crippen MR) is 93.9 cm³/mol. The topological polar surface area (TPSA) is 65.0 Å². The molecule has 6 heteroatoms. The molecule has 1 saturated heterocycles. The molecule has 3 aromatic rings. The fourth-order valence-electron chi connectivity index (χ4n) is 2.96. The van der Waals surface area contributed by atoms with Crippen LogP contribution in [-0.4, -0.2) is 35.9 Å². The second-order valence-electron chi connectivity index (χ2n) is 5.95. The van der Waals surface area contributed by atoms with Gasteiger partial charge in [0.05, 0.1) is 31.3 Å². The van der Waals surface area contributed by atoms with Crippen LogP contribution in [0, 0.1) is 6.92 Å². The van der Waals surface area contributed by atoms with Gasteiger partial charge in [-0.05, 0) is 36.8 Å². The standard InChI is InChI=1S/C18H20N4O2/c1-13-10-14(19)2-3-17(13)24-18-11-15(21-6-8-23-9-7-21)12-22-16(18)4-5-20-22/h2-5,10-12H,6-9,19H2,1H3. The first kappa shape index (κ1) is 14.8. The molecule has 0 radical (unpaired) electrons. The van der Waals surface area contributed by atoms with E-state index in [9.17, 15) is 0 Å². The van der Waals surface area contributed by atoms with Crippen molar-refractivity contribution in [3.63, 3.8) is 0 Å². The zero-order chi connectivity index (χ0) is 16.5. The highest BCUT2D eigenvalue weighted by Gasteiger charge is 2.15. The minimum absolute atomic E-state index is 0.733. The van der Waals surface area contributed by atoms with E-state index < -0.39 is 0 Å². The molecule has 0 aliphatic carbocycles. The summed E-state index contributed by atoms with van der Waals surface area (Å²) in [6, 6.07) is 9.68. The molecule has 2 N–H and O–H groups in total. The SMILES string of the molecule is Cc1cc(N)ccc1Oc1cc(N2CCOCC2)cn2nccc12. The molecule has 1 aliphatic rings. The molecule has 24 heavy (non-hydrogen) atoms. The van der Waals surface area contributed by atoms with Crippen LogP contribution >= 0.6 is 0 Å². The number of fused-ring (bicyclic) bond motifs is 1. The van der Waals surface area contributed by atoms with Crippen LogP contribution in [0.1, 0.15) is 5.56 Å². The van der Waals surface area contributed by atoms with Crippen LogP contribution < -0.4 is 15.4 Å². The predicted octanol–water partition coefficient (Wildman–Crippen LogP) is 2.85. The van der Waals surface area contributed by atoms with E-state index in [0.717, 1.165) is 60.3 Å². The molecule has 1 aliphatic heterocycles. The average molecular weight is 324 g/mol. The largest absolute Gasteiger partial charge is 0.455 e. The third-order valence-corrected chi connectivity index (χ3v) is 4.25. The Morgan fingerprint density at radius 3 is 2.75 bits per heavy atom. The fraction of sp³-hybridized carbons (Fsp3) is 0.278. The quantitative estimate of drug-likeness (QED) is 0.751. The highest BCUT2D eigenvalue weighted by atomic mass is 16.5. The Hall–Kier alpha value is -2.73. The molecule has 3 heterocycles. The first-order valence-electron chi connectivity index (χ1n) is 8.05. The summed E-state index contributed by atoms with van der Waals surface area (Å²) >= 11 is 0. The molecular formula is C18H20N4O2. The van der Waals surface area contributed by atoms with Gasteiger partial charge in [0.25, 0.3) is 0 Å². The number of aryl methyl sites for hydroxylation is 1. The number of nitrogen functional groups attached to an aromatic ring is 1. The maximum Gasteiger partial charge on any atom is 0.155 e. The van der Waals surface area contributed by atoms with E-state index in [2.05, 4.69) is 16.1 Å². The molecule has 6 nitrogen and oxygen atoms in total. The highest BCUT2D eigenvalue weighted by Crippen LogP contribution is 2.32. The number of nitrogens with zero attached hydrogens (tertiary/aromatic N) is 3. The summed E-state index contributed by atoms with van der Waals surface area (Å²) in [5, 5.41) is 4.37. The van der Waals surface area contributed by atoms with Crippen LogP contribution in [0.25, 0.3) is 5.52 Å². The molecule has 0 amide bonds. The molecule has 2 aromatic heterocycles. The Kier molecular flexibility index (Phi) is 3.74. The van der Waals surface area contributed by atoms with Crippen molar-refractivity contribution in [3.05, 3.63) is 48.3 Å². The molecule has 0 saturated carbocycles. The van der Waals surface area contributed by atoms with Gasteiger partial charge in [-0.15, -0.1) is 0 Å². The van der Waals surface area contributed by atoms with Gasteiger partial charge in [0.2, 0.25) is 0 Å². The van der Waals surface area contributed by atoms with Gasteiger partial charge in [-0.3, -0.25) is 0 Å². The van der Waals surface area contributed by atoms with Crippen LogP contribution in [0.4, 0.5) is 11.4 Å². The molecule has 0 spiro atoms. The maximum atomic E-state index is 6.19. The summed E-state index contributed by atoms with van der Waals surface area (Å²) < 4.78 is 13.5. The van der Waals surface area contributed by atoms with Gasteiger partial charge in [0, 0.05) is 24.8 Å². The van der Waals surface area contributed by atoms with E-state index >= 15 is 0 Å². The van der Waals surface area contributed by atoms with Crippen LogP contribution in [0.3, 0.4) is 0 Å². The summed E-state index contributed by atoms with van der Waals surface area (Å²) in [7, 11) is 0. The minimum atomic E-state index is 0.733. The van der Waals surface area contributed by atoms with Crippen LogP contribution in [0.15, 0.2) is 42.7 Å². The summed E-state index contributed by atoms with van der Waals surface area (Å²) in [4.78, 5) is 2.29. The number of pyridine rings is 1. The lowest BCUT2D eigenvalue weighted by atomic mass is 10.2. The minimum Gasteiger partial charge on any atom is -0.455 e. The van der Waals surface area contributed by atoms with Gasteiger partial charge in [0.1, 0.15) is 11.3 Å². The Balaban J connectivity index is 1.74. The van der Waals surface area contributed by atoms with Crippen molar-refractivity contribution in [2.24, 2.45) is 0 Å². The Bertz CT molecular complexity index is 869. The molecule has 4 rings (SSSR count). The lowest BCUT2D eigenvalue weighted by molar-refractivity contribution is 0.122. The van der Waals surface area contributed by atoms with E-state index in [-0.39, 0.29) is 0 Å². The van der Waals surface area contributed by atoms with Crippen molar-refractivity contribution in [2.45, 2.75) is 6.92 Å². The maximum absolute atomic E-state index is 6.19. The third kappa shape index (κ3) is 2.76. The fourth-order valence-corrected chi connectivity index (χ4v) is 2.96. The monoisotopic (exact) mass is 324 g/mol. The second kappa shape index (κ2) is 6.05. The number of morpholine rings is 1. The highest BCUT2D eigenvalue weighted by molar-refractivity contribution is 5.66. The molecule has 1 aromatic carbocycles. The normalized spacial score (nSPS) is 15.0. The van der Waals surface area contributed by atoms with Gasteiger partial charge in [-0.2, -0.15) is 5.10 Å². The molecule has 0 unspecified atom stereocenters. The van der Waals surface area contributed by atoms with Gasteiger partial charge < -0.3 is 20.1 Å². The van der Waals surface area contributed by atoms with E-state index in [1.54, 1.807) is 6.20 Å². The first-order chi connectivity index (χ1) is 11.7. The van der Waals surface area contributed by atoms with Crippen molar-refractivity contribution in [2.75, 3.05) is 36.9 Å². The van der Waals surface area contributed by atoms with Crippen LogP contribution in [0.2, 0.25) is 0 Å². The number of rotatable bonds is 3. The van der Waals surface area contributed by atoms with E-state index in [4.69, 9.17) is 15.2 Å². The number of nitrogens with two attached hydrogens (primary N) is 1. The van der Waals surface area contributed by atoms with Crippen molar-refractivity contribution in [1.29, 1.82) is 0 Å². The Morgan fingerprint density at radius 1 is 1.12 bits per heavy atom.